The number of imidazole rings is 1. The van der Waals surface area contributed by atoms with Crippen LogP contribution in [0.1, 0.15) is 49.8 Å². The Labute approximate surface area is 222 Å². The van der Waals surface area contributed by atoms with Crippen LogP contribution in [0.4, 0.5) is 14.6 Å². The van der Waals surface area contributed by atoms with Gasteiger partial charge in [0.25, 0.3) is 0 Å². The number of carbonyl (C=O) groups excluding carboxylic acids is 2. The van der Waals surface area contributed by atoms with Crippen LogP contribution in [0.2, 0.25) is 0 Å². The van der Waals surface area contributed by atoms with E-state index < -0.39 is 17.7 Å². The molecule has 202 valence electrons. The summed E-state index contributed by atoms with van der Waals surface area (Å²) in [6, 6.07) is 11.6. The van der Waals surface area contributed by atoms with Gasteiger partial charge < -0.3 is 20.1 Å². The van der Waals surface area contributed by atoms with E-state index in [0.717, 1.165) is 18.1 Å². The molecule has 0 radical (unpaired) electrons. The van der Waals surface area contributed by atoms with Gasteiger partial charge in [-0.1, -0.05) is 43.7 Å². The zero-order valence-corrected chi connectivity index (χ0v) is 21.9. The van der Waals surface area contributed by atoms with Crippen LogP contribution in [0.3, 0.4) is 0 Å². The fourth-order valence-corrected chi connectivity index (χ4v) is 4.95. The molecule has 7 nitrogen and oxygen atoms in total. The van der Waals surface area contributed by atoms with Gasteiger partial charge in [-0.05, 0) is 55.4 Å². The number of rotatable bonds is 11. The lowest BCUT2D eigenvalue weighted by Gasteiger charge is -2.29. The van der Waals surface area contributed by atoms with Gasteiger partial charge in [-0.3, -0.25) is 9.59 Å². The largest absolute Gasteiger partial charge is 0.337 e. The Morgan fingerprint density at radius 2 is 1.97 bits per heavy atom. The predicted molar refractivity (Wildman–Crippen MR) is 142 cm³/mol. The summed E-state index contributed by atoms with van der Waals surface area (Å²) in [7, 11) is 0. The van der Waals surface area contributed by atoms with Gasteiger partial charge in [0.2, 0.25) is 11.8 Å². The third-order valence-corrected chi connectivity index (χ3v) is 6.95. The highest BCUT2D eigenvalue weighted by molar-refractivity contribution is 5.94. The SMILES string of the molecule is CCC[C@H](N[C@H]1CCc2cc(F)cc(F)c2C1)C(=O)Nc1cn(CC(=O)N(CC)Cc2ccccc2)cn1. The predicted octanol–water partition coefficient (Wildman–Crippen LogP) is 4.46. The fourth-order valence-electron chi connectivity index (χ4n) is 4.95. The Morgan fingerprint density at radius 3 is 2.71 bits per heavy atom. The van der Waals surface area contributed by atoms with Crippen molar-refractivity contribution in [2.75, 3.05) is 11.9 Å². The monoisotopic (exact) mass is 523 g/mol. The minimum atomic E-state index is -0.560. The van der Waals surface area contributed by atoms with Gasteiger partial charge in [-0.25, -0.2) is 13.8 Å². The third-order valence-electron chi connectivity index (χ3n) is 6.95. The summed E-state index contributed by atoms with van der Waals surface area (Å²) in [6.45, 7) is 5.17. The molecular formula is C29H35F2N5O2. The summed E-state index contributed by atoms with van der Waals surface area (Å²) in [5, 5.41) is 6.23. The van der Waals surface area contributed by atoms with E-state index in [4.69, 9.17) is 0 Å². The van der Waals surface area contributed by atoms with E-state index >= 15 is 0 Å². The second-order valence-corrected chi connectivity index (χ2v) is 9.79. The zero-order valence-electron chi connectivity index (χ0n) is 21.9. The molecule has 0 spiro atoms. The summed E-state index contributed by atoms with van der Waals surface area (Å²) in [5.41, 5.74) is 2.28. The number of aromatic nitrogens is 2. The lowest BCUT2D eigenvalue weighted by atomic mass is 9.87. The van der Waals surface area contributed by atoms with Gasteiger partial charge in [0, 0.05) is 31.4 Å². The molecule has 3 aromatic rings. The summed E-state index contributed by atoms with van der Waals surface area (Å²) < 4.78 is 29.5. The fraction of sp³-hybridized carbons (Fsp3) is 0.414. The van der Waals surface area contributed by atoms with Crippen molar-refractivity contribution in [2.45, 2.75) is 71.1 Å². The maximum atomic E-state index is 14.3. The number of nitrogens with zero attached hydrogens (tertiary/aromatic N) is 3. The Morgan fingerprint density at radius 1 is 1.18 bits per heavy atom. The lowest BCUT2D eigenvalue weighted by Crippen LogP contribution is -2.48. The van der Waals surface area contributed by atoms with E-state index in [0.29, 0.717) is 55.7 Å². The molecule has 2 aromatic carbocycles. The Balaban J connectivity index is 1.34. The molecular weight excluding hydrogens is 488 g/mol. The van der Waals surface area contributed by atoms with Crippen molar-refractivity contribution < 1.29 is 18.4 Å². The zero-order chi connectivity index (χ0) is 27.1. The number of hydrogen-bond acceptors (Lipinski definition) is 4. The first-order chi connectivity index (χ1) is 18.4. The summed E-state index contributed by atoms with van der Waals surface area (Å²) in [5.74, 6) is -0.994. The number of fused-ring (bicyclic) bond motifs is 1. The number of amides is 2. The Kier molecular flexibility index (Phi) is 9.23. The standard InChI is InChI=1S/C29H35F2N5O2/c1-3-8-26(33-23-12-11-21-13-22(30)14-25(31)24(21)15-23)29(38)34-27-17-35(19-32-27)18-28(37)36(4-2)16-20-9-6-5-7-10-20/h5-7,9-10,13-14,17,19,23,26,33H,3-4,8,11-12,15-16,18H2,1-2H3,(H,34,38)/t23-,26-/m0/s1. The molecule has 1 aliphatic rings. The Bertz CT molecular complexity index is 1250. The molecule has 0 fully saturated rings. The van der Waals surface area contributed by atoms with Crippen LogP contribution >= 0.6 is 0 Å². The van der Waals surface area contributed by atoms with Crippen molar-refractivity contribution in [3.05, 3.63) is 83.3 Å². The molecule has 1 aromatic heterocycles. The van der Waals surface area contributed by atoms with E-state index in [9.17, 15) is 18.4 Å². The molecule has 38 heavy (non-hydrogen) atoms. The first kappa shape index (κ1) is 27.4. The smallest absolute Gasteiger partial charge is 0.242 e. The molecule has 0 aliphatic heterocycles. The molecule has 0 saturated carbocycles. The first-order valence-corrected chi connectivity index (χ1v) is 13.2. The highest BCUT2D eigenvalue weighted by Crippen LogP contribution is 2.26. The maximum Gasteiger partial charge on any atom is 0.242 e. The molecule has 2 N–H and O–H groups in total. The quantitative estimate of drug-likeness (QED) is 0.389. The molecule has 4 rings (SSSR count). The van der Waals surface area contributed by atoms with Crippen LogP contribution in [-0.4, -0.2) is 44.9 Å². The number of anilines is 1. The number of carbonyl (C=O) groups is 2. The molecule has 0 unspecified atom stereocenters. The molecule has 0 bridgehead atoms. The number of benzene rings is 2. The van der Waals surface area contributed by atoms with Crippen molar-refractivity contribution in [3.63, 3.8) is 0 Å². The van der Waals surface area contributed by atoms with Gasteiger partial charge in [-0.2, -0.15) is 0 Å². The molecule has 9 heteroatoms. The van der Waals surface area contributed by atoms with E-state index in [1.165, 1.54) is 12.4 Å². The second kappa shape index (κ2) is 12.8. The van der Waals surface area contributed by atoms with Crippen LogP contribution < -0.4 is 10.6 Å². The first-order valence-electron chi connectivity index (χ1n) is 13.2. The molecule has 0 saturated heterocycles. The summed E-state index contributed by atoms with van der Waals surface area (Å²) >= 11 is 0. The van der Waals surface area contributed by atoms with Gasteiger partial charge in [0.1, 0.15) is 18.2 Å². The highest BCUT2D eigenvalue weighted by atomic mass is 19.1. The summed E-state index contributed by atoms with van der Waals surface area (Å²) in [4.78, 5) is 32.0. The molecule has 1 heterocycles. The van der Waals surface area contributed by atoms with Crippen molar-refractivity contribution in [2.24, 2.45) is 0 Å². The molecule has 2 atom stereocenters. The number of aryl methyl sites for hydroxylation is 1. The van der Waals surface area contributed by atoms with Crippen LogP contribution in [0.5, 0.6) is 0 Å². The van der Waals surface area contributed by atoms with Gasteiger partial charge in [-0.15, -0.1) is 0 Å². The summed E-state index contributed by atoms with van der Waals surface area (Å²) in [6.07, 6.45) is 6.22. The average Bonchev–Trinajstić information content (AvgIpc) is 3.34. The second-order valence-electron chi connectivity index (χ2n) is 9.79. The number of nitrogens with one attached hydrogen (secondary N) is 2. The molecule has 1 aliphatic carbocycles. The number of hydrogen-bond donors (Lipinski definition) is 2. The minimum absolute atomic E-state index is 0.0400. The topological polar surface area (TPSA) is 79.3 Å². The molecule has 2 amide bonds. The van der Waals surface area contributed by atoms with Gasteiger partial charge in [0.15, 0.2) is 5.82 Å². The average molecular weight is 524 g/mol. The third kappa shape index (κ3) is 7.04. The van der Waals surface area contributed by atoms with E-state index in [-0.39, 0.29) is 24.4 Å². The van der Waals surface area contributed by atoms with Crippen molar-refractivity contribution in [3.8, 4) is 0 Å². The van der Waals surface area contributed by atoms with E-state index in [1.54, 1.807) is 15.7 Å². The van der Waals surface area contributed by atoms with E-state index in [1.807, 2.05) is 44.2 Å². The Hall–Kier alpha value is -3.59. The number of halogens is 2. The van der Waals surface area contributed by atoms with Gasteiger partial charge >= 0.3 is 0 Å². The lowest BCUT2D eigenvalue weighted by molar-refractivity contribution is -0.132. The number of likely N-dealkylation sites (N-methyl/N-ethyl adjacent to an activating group) is 1. The maximum absolute atomic E-state index is 14.3. The van der Waals surface area contributed by atoms with Crippen LogP contribution in [0.25, 0.3) is 0 Å². The van der Waals surface area contributed by atoms with Crippen LogP contribution in [0, 0.1) is 11.6 Å². The van der Waals surface area contributed by atoms with Crippen molar-refractivity contribution in [1.82, 2.24) is 19.8 Å². The highest BCUT2D eigenvalue weighted by Gasteiger charge is 2.27. The van der Waals surface area contributed by atoms with Gasteiger partial charge in [0.05, 0.1) is 12.4 Å². The van der Waals surface area contributed by atoms with Crippen LogP contribution in [-0.2, 0) is 35.5 Å². The van der Waals surface area contributed by atoms with Crippen molar-refractivity contribution in [1.29, 1.82) is 0 Å². The van der Waals surface area contributed by atoms with Crippen LogP contribution in [0.15, 0.2) is 55.0 Å². The van der Waals surface area contributed by atoms with Crippen molar-refractivity contribution >= 4 is 17.6 Å². The van der Waals surface area contributed by atoms with E-state index in [2.05, 4.69) is 15.6 Å². The minimum Gasteiger partial charge on any atom is -0.337 e. The normalized spacial score (nSPS) is 15.5.